The summed E-state index contributed by atoms with van der Waals surface area (Å²) in [5.41, 5.74) is 7.50. The van der Waals surface area contributed by atoms with Crippen molar-refractivity contribution in [1.82, 2.24) is 0 Å². The lowest BCUT2D eigenvalue weighted by molar-refractivity contribution is 0.652. The minimum atomic E-state index is 0.151. The largest absolute Gasteiger partial charge is 0.0845 e. The number of benzene rings is 1. The van der Waals surface area contributed by atoms with Crippen LogP contribution in [-0.2, 0) is 5.41 Å². The van der Waals surface area contributed by atoms with Crippen LogP contribution in [-0.4, -0.2) is 0 Å². The molecule has 0 unspecified atom stereocenters. The molecular formula is C18H24. The number of allylic oxidation sites excluding steroid dienone is 4. The smallest absolute Gasteiger partial charge is 0.0155 e. The molecule has 0 saturated carbocycles. The maximum absolute atomic E-state index is 2.36. The van der Waals surface area contributed by atoms with Gasteiger partial charge in [-0.05, 0) is 42.0 Å². The molecule has 0 fully saturated rings. The standard InChI is InChI=1S/C18H24/c1-6-8-9-16-14(7-2)15-11-10-13(3)12-17(15)18(16,4)5/h8-12H,6-7H2,1-5H3/b9-8-. The van der Waals surface area contributed by atoms with E-state index in [1.54, 1.807) is 0 Å². The summed E-state index contributed by atoms with van der Waals surface area (Å²) in [4.78, 5) is 0. The van der Waals surface area contributed by atoms with Crippen molar-refractivity contribution in [2.75, 3.05) is 0 Å². The topological polar surface area (TPSA) is 0 Å². The van der Waals surface area contributed by atoms with E-state index in [-0.39, 0.29) is 5.41 Å². The van der Waals surface area contributed by atoms with E-state index in [2.05, 4.69) is 65.0 Å². The highest BCUT2D eigenvalue weighted by Gasteiger charge is 2.35. The third-order valence-corrected chi connectivity index (χ3v) is 4.05. The van der Waals surface area contributed by atoms with Crippen molar-refractivity contribution in [3.05, 3.63) is 52.6 Å². The first-order valence-electron chi connectivity index (χ1n) is 7.04. The predicted octanol–water partition coefficient (Wildman–Crippen LogP) is 5.42. The van der Waals surface area contributed by atoms with E-state index in [0.717, 1.165) is 12.8 Å². The summed E-state index contributed by atoms with van der Waals surface area (Å²) in [5, 5.41) is 0. The average Bonchev–Trinajstić information content (AvgIpc) is 2.54. The molecule has 0 N–H and O–H groups in total. The molecule has 0 heterocycles. The Morgan fingerprint density at radius 2 is 1.89 bits per heavy atom. The SMILES string of the molecule is CC/C=C\C1=C(CC)c2ccc(C)cc2C1(C)C. The Morgan fingerprint density at radius 3 is 2.50 bits per heavy atom. The zero-order valence-corrected chi connectivity index (χ0v) is 12.3. The molecule has 0 atom stereocenters. The summed E-state index contributed by atoms with van der Waals surface area (Å²) in [5.74, 6) is 0. The van der Waals surface area contributed by atoms with Gasteiger partial charge in [-0.1, -0.05) is 63.6 Å². The summed E-state index contributed by atoms with van der Waals surface area (Å²) in [6.45, 7) is 11.3. The molecule has 0 saturated heterocycles. The fraction of sp³-hybridized carbons (Fsp3) is 0.444. The lowest BCUT2D eigenvalue weighted by atomic mass is 9.80. The van der Waals surface area contributed by atoms with Crippen molar-refractivity contribution >= 4 is 5.57 Å². The van der Waals surface area contributed by atoms with Gasteiger partial charge in [0.2, 0.25) is 0 Å². The minimum Gasteiger partial charge on any atom is -0.0845 e. The third-order valence-electron chi connectivity index (χ3n) is 4.05. The molecular weight excluding hydrogens is 216 g/mol. The van der Waals surface area contributed by atoms with Gasteiger partial charge in [0.05, 0.1) is 0 Å². The Bertz CT molecular complexity index is 513. The van der Waals surface area contributed by atoms with Crippen LogP contribution in [0.5, 0.6) is 0 Å². The molecule has 1 aliphatic carbocycles. The van der Waals surface area contributed by atoms with Gasteiger partial charge in [0, 0.05) is 5.41 Å². The number of hydrogen-bond donors (Lipinski definition) is 0. The lowest BCUT2D eigenvalue weighted by Crippen LogP contribution is -2.16. The van der Waals surface area contributed by atoms with Gasteiger partial charge in [-0.25, -0.2) is 0 Å². The monoisotopic (exact) mass is 240 g/mol. The van der Waals surface area contributed by atoms with Gasteiger partial charge in [0.25, 0.3) is 0 Å². The van der Waals surface area contributed by atoms with Crippen LogP contribution >= 0.6 is 0 Å². The van der Waals surface area contributed by atoms with Gasteiger partial charge in [-0.15, -0.1) is 0 Å². The molecule has 0 spiro atoms. The molecule has 1 aliphatic rings. The van der Waals surface area contributed by atoms with Crippen molar-refractivity contribution in [3.8, 4) is 0 Å². The van der Waals surface area contributed by atoms with E-state index >= 15 is 0 Å². The second-order valence-electron chi connectivity index (χ2n) is 5.73. The summed E-state index contributed by atoms with van der Waals surface area (Å²) < 4.78 is 0. The first-order chi connectivity index (χ1) is 8.52. The molecule has 1 aromatic carbocycles. The van der Waals surface area contributed by atoms with Crippen molar-refractivity contribution in [2.45, 2.75) is 52.9 Å². The van der Waals surface area contributed by atoms with Crippen LogP contribution in [0.1, 0.15) is 57.2 Å². The van der Waals surface area contributed by atoms with Crippen LogP contribution in [0.2, 0.25) is 0 Å². The maximum atomic E-state index is 2.36. The fourth-order valence-corrected chi connectivity index (χ4v) is 3.03. The quantitative estimate of drug-likeness (QED) is 0.662. The lowest BCUT2D eigenvalue weighted by Gasteiger charge is -2.23. The summed E-state index contributed by atoms with van der Waals surface area (Å²) >= 11 is 0. The Balaban J connectivity index is 2.63. The number of rotatable bonds is 3. The molecule has 0 bridgehead atoms. The molecule has 0 amide bonds. The first-order valence-corrected chi connectivity index (χ1v) is 7.04. The highest BCUT2D eigenvalue weighted by atomic mass is 14.4. The first kappa shape index (κ1) is 13.1. The van der Waals surface area contributed by atoms with E-state index in [1.165, 1.54) is 27.8 Å². The van der Waals surface area contributed by atoms with Crippen molar-refractivity contribution < 1.29 is 0 Å². The third kappa shape index (κ3) is 1.94. The summed E-state index contributed by atoms with van der Waals surface area (Å²) in [6.07, 6.45) is 6.84. The second kappa shape index (κ2) is 4.76. The predicted molar refractivity (Wildman–Crippen MR) is 80.8 cm³/mol. The minimum absolute atomic E-state index is 0.151. The summed E-state index contributed by atoms with van der Waals surface area (Å²) in [6, 6.07) is 6.90. The Labute approximate surface area is 111 Å². The van der Waals surface area contributed by atoms with Gasteiger partial charge < -0.3 is 0 Å². The molecule has 18 heavy (non-hydrogen) atoms. The Morgan fingerprint density at radius 1 is 1.17 bits per heavy atom. The normalized spacial score (nSPS) is 17.6. The van der Waals surface area contributed by atoms with Crippen LogP contribution in [0.15, 0.2) is 35.9 Å². The summed E-state index contributed by atoms with van der Waals surface area (Å²) in [7, 11) is 0. The molecule has 0 radical (unpaired) electrons. The molecule has 1 aromatic rings. The van der Waals surface area contributed by atoms with E-state index in [9.17, 15) is 0 Å². The van der Waals surface area contributed by atoms with Crippen LogP contribution in [0.3, 0.4) is 0 Å². The molecule has 0 nitrogen and oxygen atoms in total. The fourth-order valence-electron chi connectivity index (χ4n) is 3.03. The van der Waals surface area contributed by atoms with Crippen molar-refractivity contribution in [1.29, 1.82) is 0 Å². The average molecular weight is 240 g/mol. The van der Waals surface area contributed by atoms with Crippen LogP contribution in [0.25, 0.3) is 5.57 Å². The van der Waals surface area contributed by atoms with Gasteiger partial charge in [0.1, 0.15) is 0 Å². The number of fused-ring (bicyclic) bond motifs is 1. The van der Waals surface area contributed by atoms with Gasteiger partial charge in [0.15, 0.2) is 0 Å². The highest BCUT2D eigenvalue weighted by molar-refractivity contribution is 5.82. The van der Waals surface area contributed by atoms with E-state index in [1.807, 2.05) is 0 Å². The van der Waals surface area contributed by atoms with Gasteiger partial charge >= 0.3 is 0 Å². The van der Waals surface area contributed by atoms with Gasteiger partial charge in [-0.3, -0.25) is 0 Å². The zero-order chi connectivity index (χ0) is 13.3. The highest BCUT2D eigenvalue weighted by Crippen LogP contribution is 2.48. The maximum Gasteiger partial charge on any atom is 0.0155 e. The van der Waals surface area contributed by atoms with Gasteiger partial charge in [-0.2, -0.15) is 0 Å². The van der Waals surface area contributed by atoms with Crippen molar-refractivity contribution in [2.24, 2.45) is 0 Å². The molecule has 0 aromatic heterocycles. The molecule has 96 valence electrons. The second-order valence-corrected chi connectivity index (χ2v) is 5.73. The molecule has 0 heteroatoms. The molecule has 2 rings (SSSR count). The van der Waals surface area contributed by atoms with Crippen LogP contribution < -0.4 is 0 Å². The van der Waals surface area contributed by atoms with E-state index in [0.29, 0.717) is 0 Å². The van der Waals surface area contributed by atoms with Crippen LogP contribution in [0.4, 0.5) is 0 Å². The number of aryl methyl sites for hydroxylation is 1. The van der Waals surface area contributed by atoms with E-state index < -0.39 is 0 Å². The van der Waals surface area contributed by atoms with Crippen LogP contribution in [0, 0.1) is 6.92 Å². The van der Waals surface area contributed by atoms with E-state index in [4.69, 9.17) is 0 Å². The number of hydrogen-bond acceptors (Lipinski definition) is 0. The Kier molecular flexibility index (Phi) is 3.47. The Hall–Kier alpha value is -1.30. The molecule has 0 aliphatic heterocycles. The van der Waals surface area contributed by atoms with Crippen molar-refractivity contribution in [3.63, 3.8) is 0 Å². The zero-order valence-electron chi connectivity index (χ0n) is 12.3.